The smallest absolute Gasteiger partial charge is 0.0334 e. The molecule has 3 fully saturated rings. The summed E-state index contributed by atoms with van der Waals surface area (Å²) < 4.78 is 0. The Labute approximate surface area is 132 Å². The minimum atomic E-state index is 0.476. The van der Waals surface area contributed by atoms with Crippen LogP contribution in [0.4, 0.5) is 0 Å². The molecule has 2 spiro atoms. The molecule has 0 aromatic heterocycles. The second-order valence-corrected chi connectivity index (χ2v) is 8.58. The maximum absolute atomic E-state index is 4.05. The molecule has 3 aliphatic rings. The molecule has 122 valence electrons. The van der Waals surface area contributed by atoms with E-state index in [0.29, 0.717) is 11.1 Å². The zero-order chi connectivity index (χ0) is 14.8. The molecule has 0 aromatic rings. The maximum Gasteiger partial charge on any atom is 0.0334 e. The number of piperazine rings is 1. The molecule has 1 N–H and O–H groups in total. The van der Waals surface area contributed by atoms with E-state index in [-0.39, 0.29) is 0 Å². The second kappa shape index (κ2) is 6.58. The molecule has 0 atom stereocenters. The third-order valence-corrected chi connectivity index (χ3v) is 6.51. The predicted molar refractivity (Wildman–Crippen MR) is 90.7 cm³/mol. The summed E-state index contributed by atoms with van der Waals surface area (Å²) in [6.45, 7) is 8.69. The summed E-state index contributed by atoms with van der Waals surface area (Å²) >= 11 is 0. The van der Waals surface area contributed by atoms with E-state index in [0.717, 1.165) is 5.92 Å². The van der Waals surface area contributed by atoms with Gasteiger partial charge in [-0.2, -0.15) is 0 Å². The van der Waals surface area contributed by atoms with Crippen LogP contribution >= 0.6 is 0 Å². The van der Waals surface area contributed by atoms with Gasteiger partial charge in [-0.15, -0.1) is 0 Å². The van der Waals surface area contributed by atoms with Gasteiger partial charge >= 0.3 is 0 Å². The van der Waals surface area contributed by atoms with Gasteiger partial charge in [-0.1, -0.05) is 46.0 Å². The summed E-state index contributed by atoms with van der Waals surface area (Å²) in [5.74, 6) is 0.857. The molecule has 0 radical (unpaired) electrons. The van der Waals surface area contributed by atoms with Crippen LogP contribution in [0.5, 0.6) is 0 Å². The Morgan fingerprint density at radius 3 is 2.29 bits per heavy atom. The Morgan fingerprint density at radius 2 is 1.62 bits per heavy atom. The highest BCUT2D eigenvalue weighted by molar-refractivity contribution is 5.07. The lowest BCUT2D eigenvalue weighted by Crippen LogP contribution is -2.69. The molecule has 21 heavy (non-hydrogen) atoms. The number of hydrogen-bond donors (Lipinski definition) is 1. The van der Waals surface area contributed by atoms with Crippen molar-refractivity contribution in [2.24, 2.45) is 5.92 Å². The van der Waals surface area contributed by atoms with Gasteiger partial charge in [-0.25, -0.2) is 0 Å². The van der Waals surface area contributed by atoms with Crippen LogP contribution in [0.2, 0.25) is 0 Å². The van der Waals surface area contributed by atoms with Crippen molar-refractivity contribution in [1.82, 2.24) is 10.2 Å². The fourth-order valence-corrected chi connectivity index (χ4v) is 5.15. The molecule has 3 rings (SSSR count). The highest BCUT2D eigenvalue weighted by atomic mass is 15.3. The zero-order valence-electron chi connectivity index (χ0n) is 14.4. The average Bonchev–Trinajstić information content (AvgIpc) is 2.94. The molecule has 0 unspecified atom stereocenters. The van der Waals surface area contributed by atoms with E-state index >= 15 is 0 Å². The number of hydrogen-bond acceptors (Lipinski definition) is 2. The summed E-state index contributed by atoms with van der Waals surface area (Å²) in [6, 6.07) is 0. The quantitative estimate of drug-likeness (QED) is 0.829. The van der Waals surface area contributed by atoms with E-state index in [4.69, 9.17) is 0 Å². The first-order valence-corrected chi connectivity index (χ1v) is 9.64. The van der Waals surface area contributed by atoms with Crippen molar-refractivity contribution in [3.05, 3.63) is 0 Å². The van der Waals surface area contributed by atoms with Gasteiger partial charge in [0.05, 0.1) is 0 Å². The lowest BCUT2D eigenvalue weighted by Gasteiger charge is -2.55. The highest BCUT2D eigenvalue weighted by Gasteiger charge is 2.48. The summed E-state index contributed by atoms with van der Waals surface area (Å²) in [5.41, 5.74) is 1.00. The van der Waals surface area contributed by atoms with Gasteiger partial charge in [0.25, 0.3) is 0 Å². The minimum absolute atomic E-state index is 0.476. The van der Waals surface area contributed by atoms with Crippen molar-refractivity contribution < 1.29 is 0 Å². The Morgan fingerprint density at radius 1 is 0.952 bits per heavy atom. The van der Waals surface area contributed by atoms with E-state index in [1.54, 1.807) is 0 Å². The van der Waals surface area contributed by atoms with E-state index in [2.05, 4.69) is 24.1 Å². The average molecular weight is 293 g/mol. The molecule has 2 heteroatoms. The molecule has 0 amide bonds. The van der Waals surface area contributed by atoms with Crippen LogP contribution in [0.3, 0.4) is 0 Å². The first-order chi connectivity index (χ1) is 10.1. The lowest BCUT2D eigenvalue weighted by molar-refractivity contribution is -0.00726. The summed E-state index contributed by atoms with van der Waals surface area (Å²) in [4.78, 5) is 2.95. The van der Waals surface area contributed by atoms with Crippen LogP contribution < -0.4 is 5.32 Å². The second-order valence-electron chi connectivity index (χ2n) is 8.58. The molecular weight excluding hydrogens is 256 g/mol. The van der Waals surface area contributed by atoms with Gasteiger partial charge in [0, 0.05) is 24.2 Å². The lowest BCUT2D eigenvalue weighted by atomic mass is 9.76. The summed E-state index contributed by atoms with van der Waals surface area (Å²) in [7, 11) is 0. The normalized spacial score (nSPS) is 28.7. The molecule has 2 nitrogen and oxygen atoms in total. The molecule has 0 aromatic carbocycles. The van der Waals surface area contributed by atoms with Crippen LogP contribution in [0.15, 0.2) is 0 Å². The monoisotopic (exact) mass is 292 g/mol. The first-order valence-electron chi connectivity index (χ1n) is 9.64. The molecule has 1 aliphatic heterocycles. The van der Waals surface area contributed by atoms with Gasteiger partial charge < -0.3 is 5.32 Å². The van der Waals surface area contributed by atoms with E-state index in [1.165, 1.54) is 90.3 Å². The van der Waals surface area contributed by atoms with Crippen molar-refractivity contribution in [3.63, 3.8) is 0 Å². The fraction of sp³-hybridized carbons (Fsp3) is 1.00. The Bertz CT molecular complexity index is 324. The van der Waals surface area contributed by atoms with Crippen LogP contribution in [-0.2, 0) is 0 Å². The van der Waals surface area contributed by atoms with E-state index in [1.807, 2.05) is 0 Å². The van der Waals surface area contributed by atoms with E-state index < -0.39 is 0 Å². The minimum Gasteiger partial charge on any atom is -0.308 e. The molecule has 2 saturated carbocycles. The third kappa shape index (κ3) is 3.47. The van der Waals surface area contributed by atoms with Gasteiger partial charge in [0.15, 0.2) is 0 Å². The third-order valence-electron chi connectivity index (χ3n) is 6.51. The number of rotatable bonds is 4. The van der Waals surface area contributed by atoms with Crippen molar-refractivity contribution in [3.8, 4) is 0 Å². The van der Waals surface area contributed by atoms with Crippen LogP contribution in [0.1, 0.15) is 84.5 Å². The molecule has 1 heterocycles. The number of nitrogens with one attached hydrogen (secondary N) is 1. The predicted octanol–water partition coefficient (Wildman–Crippen LogP) is 4.34. The van der Waals surface area contributed by atoms with Gasteiger partial charge in [0.2, 0.25) is 0 Å². The van der Waals surface area contributed by atoms with Crippen LogP contribution in [0, 0.1) is 5.92 Å². The molecule has 0 bridgehead atoms. The topological polar surface area (TPSA) is 15.3 Å². The van der Waals surface area contributed by atoms with Crippen LogP contribution in [0.25, 0.3) is 0 Å². The molecule has 1 saturated heterocycles. The Hall–Kier alpha value is -0.0800. The van der Waals surface area contributed by atoms with Gasteiger partial charge in [0.1, 0.15) is 0 Å². The van der Waals surface area contributed by atoms with Gasteiger partial charge in [-0.05, 0) is 51.0 Å². The van der Waals surface area contributed by atoms with Gasteiger partial charge in [-0.3, -0.25) is 4.90 Å². The highest BCUT2D eigenvalue weighted by Crippen LogP contribution is 2.42. The Balaban J connectivity index is 1.66. The zero-order valence-corrected chi connectivity index (χ0v) is 14.4. The van der Waals surface area contributed by atoms with Crippen molar-refractivity contribution >= 4 is 0 Å². The summed E-state index contributed by atoms with van der Waals surface area (Å²) in [5, 5.41) is 4.05. The van der Waals surface area contributed by atoms with E-state index in [9.17, 15) is 0 Å². The Kier molecular flexibility index (Phi) is 4.95. The SMILES string of the molecule is CC(C)CCCN1CC2(CCCCC2)NCC12CCCC2. The largest absolute Gasteiger partial charge is 0.308 e. The van der Waals surface area contributed by atoms with Crippen LogP contribution in [-0.4, -0.2) is 35.6 Å². The van der Waals surface area contributed by atoms with Crippen molar-refractivity contribution in [2.75, 3.05) is 19.6 Å². The van der Waals surface area contributed by atoms with Crippen molar-refractivity contribution in [2.45, 2.75) is 95.6 Å². The summed E-state index contributed by atoms with van der Waals surface area (Å²) in [6.07, 6.45) is 15.8. The van der Waals surface area contributed by atoms with Crippen molar-refractivity contribution in [1.29, 1.82) is 0 Å². The molecule has 2 aliphatic carbocycles. The first kappa shape index (κ1) is 15.8. The number of nitrogens with zero attached hydrogens (tertiary/aromatic N) is 1. The maximum atomic E-state index is 4.05. The molecular formula is C19H36N2. The standard InChI is InChI=1S/C19H36N2/c1-17(2)9-8-14-21-16-18(10-4-3-5-11-18)20-15-19(21)12-6-7-13-19/h17,20H,3-16H2,1-2H3. The fourth-order valence-electron chi connectivity index (χ4n) is 5.15.